The Kier molecular flexibility index (Phi) is 5.86. The highest BCUT2D eigenvalue weighted by Gasteiger charge is 2.34. The Morgan fingerprint density at radius 2 is 2.29 bits per heavy atom. The van der Waals surface area contributed by atoms with Crippen molar-refractivity contribution in [3.8, 4) is 0 Å². The molecule has 96 valence electrons. The normalized spacial score (nSPS) is 20.9. The number of aliphatic carboxylic acids is 1. The van der Waals surface area contributed by atoms with Crippen LogP contribution in [0.2, 0.25) is 0 Å². The van der Waals surface area contributed by atoms with E-state index in [0.717, 1.165) is 17.9 Å². The first-order valence-electron chi connectivity index (χ1n) is 5.32. The molecule has 17 heavy (non-hydrogen) atoms. The van der Waals surface area contributed by atoms with Crippen LogP contribution in [-0.2, 0) is 9.59 Å². The third kappa shape index (κ3) is 3.93. The SMILES string of the molecule is O=C(O)C(CCCCNI)N1C(=O)C=CC1O. The third-order valence-electron chi connectivity index (χ3n) is 2.57. The number of aliphatic hydroxyl groups excluding tert-OH is 1. The number of carbonyl (C=O) groups excluding carboxylic acids is 1. The van der Waals surface area contributed by atoms with Crippen molar-refractivity contribution in [1.82, 2.24) is 8.43 Å². The number of nitrogens with one attached hydrogen (secondary N) is 1. The largest absolute Gasteiger partial charge is 0.480 e. The molecule has 1 amide bonds. The van der Waals surface area contributed by atoms with Gasteiger partial charge in [0.05, 0.1) is 0 Å². The van der Waals surface area contributed by atoms with Gasteiger partial charge in [-0.2, -0.15) is 0 Å². The fourth-order valence-electron chi connectivity index (χ4n) is 1.73. The quantitative estimate of drug-likeness (QED) is 0.347. The molecule has 2 atom stereocenters. The summed E-state index contributed by atoms with van der Waals surface area (Å²) in [6.07, 6.45) is 3.24. The second-order valence-electron chi connectivity index (χ2n) is 3.75. The van der Waals surface area contributed by atoms with Crippen LogP contribution in [0.1, 0.15) is 19.3 Å². The lowest BCUT2D eigenvalue weighted by Gasteiger charge is -2.27. The van der Waals surface area contributed by atoms with E-state index in [1.807, 2.05) is 22.9 Å². The van der Waals surface area contributed by atoms with E-state index in [2.05, 4.69) is 3.53 Å². The fourth-order valence-corrected chi connectivity index (χ4v) is 2.11. The van der Waals surface area contributed by atoms with Crippen LogP contribution in [0.4, 0.5) is 0 Å². The van der Waals surface area contributed by atoms with Crippen LogP contribution in [0.25, 0.3) is 0 Å². The number of carboxylic acids is 1. The lowest BCUT2D eigenvalue weighted by atomic mass is 10.1. The molecule has 1 aliphatic heterocycles. The van der Waals surface area contributed by atoms with Crippen LogP contribution in [0.3, 0.4) is 0 Å². The third-order valence-corrected chi connectivity index (χ3v) is 3.11. The van der Waals surface area contributed by atoms with E-state index < -0.39 is 24.1 Å². The summed E-state index contributed by atoms with van der Waals surface area (Å²) < 4.78 is 2.94. The number of carboxylic acid groups (broad SMARTS) is 1. The topological polar surface area (TPSA) is 89.9 Å². The van der Waals surface area contributed by atoms with Gasteiger partial charge in [-0.3, -0.25) is 13.2 Å². The Labute approximate surface area is 113 Å². The van der Waals surface area contributed by atoms with Crippen molar-refractivity contribution in [2.45, 2.75) is 31.5 Å². The first-order valence-corrected chi connectivity index (χ1v) is 6.40. The van der Waals surface area contributed by atoms with Crippen molar-refractivity contribution in [2.75, 3.05) is 6.54 Å². The summed E-state index contributed by atoms with van der Waals surface area (Å²) in [7, 11) is 0. The molecule has 0 saturated heterocycles. The van der Waals surface area contributed by atoms with Crippen LogP contribution in [0.5, 0.6) is 0 Å². The molecular formula is C10H15IN2O4. The van der Waals surface area contributed by atoms with E-state index in [-0.39, 0.29) is 0 Å². The van der Waals surface area contributed by atoms with Crippen LogP contribution >= 0.6 is 22.9 Å². The van der Waals surface area contributed by atoms with Crippen LogP contribution < -0.4 is 3.53 Å². The number of halogens is 1. The van der Waals surface area contributed by atoms with Gasteiger partial charge in [0.25, 0.3) is 0 Å². The fraction of sp³-hybridized carbons (Fsp3) is 0.600. The molecule has 7 heteroatoms. The molecule has 0 spiro atoms. The maximum Gasteiger partial charge on any atom is 0.326 e. The summed E-state index contributed by atoms with van der Waals surface area (Å²) in [5.41, 5.74) is 0. The molecule has 0 aromatic heterocycles. The summed E-state index contributed by atoms with van der Waals surface area (Å²) >= 11 is 2.02. The molecule has 6 nitrogen and oxygen atoms in total. The zero-order chi connectivity index (χ0) is 12.8. The van der Waals surface area contributed by atoms with Gasteiger partial charge in [0, 0.05) is 35.5 Å². The predicted molar refractivity (Wildman–Crippen MR) is 69.3 cm³/mol. The Bertz CT molecular complexity index is 321. The molecule has 0 saturated carbocycles. The molecule has 0 bridgehead atoms. The average Bonchev–Trinajstić information content (AvgIpc) is 2.59. The van der Waals surface area contributed by atoms with Crippen LogP contribution in [-0.4, -0.2) is 45.8 Å². The number of unbranched alkanes of at least 4 members (excludes halogenated alkanes) is 1. The summed E-state index contributed by atoms with van der Waals surface area (Å²) in [6, 6.07) is -0.957. The Morgan fingerprint density at radius 3 is 2.76 bits per heavy atom. The van der Waals surface area contributed by atoms with Crippen LogP contribution in [0, 0.1) is 0 Å². The van der Waals surface area contributed by atoms with E-state index in [4.69, 9.17) is 5.11 Å². The Morgan fingerprint density at radius 1 is 1.59 bits per heavy atom. The van der Waals surface area contributed by atoms with E-state index >= 15 is 0 Å². The maximum absolute atomic E-state index is 11.4. The molecule has 2 unspecified atom stereocenters. The summed E-state index contributed by atoms with van der Waals surface area (Å²) in [5, 5.41) is 18.6. The molecule has 0 radical (unpaired) electrons. The minimum absolute atomic E-state index is 0.345. The second-order valence-corrected chi connectivity index (χ2v) is 4.51. The Hall–Kier alpha value is -0.670. The monoisotopic (exact) mass is 354 g/mol. The molecule has 1 rings (SSSR count). The molecular weight excluding hydrogens is 339 g/mol. The number of carbonyl (C=O) groups is 2. The van der Waals surface area contributed by atoms with E-state index in [9.17, 15) is 14.7 Å². The number of nitrogens with zero attached hydrogens (tertiary/aromatic N) is 1. The first kappa shape index (κ1) is 14.4. The minimum atomic E-state index is -1.12. The van der Waals surface area contributed by atoms with Gasteiger partial charge < -0.3 is 10.2 Å². The maximum atomic E-state index is 11.4. The number of aliphatic hydroxyl groups is 1. The summed E-state index contributed by atoms with van der Waals surface area (Å²) in [5.74, 6) is -1.53. The van der Waals surface area contributed by atoms with Gasteiger partial charge in [0.15, 0.2) is 0 Å². The highest BCUT2D eigenvalue weighted by molar-refractivity contribution is 14.1. The van der Waals surface area contributed by atoms with Gasteiger partial charge in [-0.05, 0) is 25.3 Å². The molecule has 1 heterocycles. The number of hydrogen-bond donors (Lipinski definition) is 3. The average molecular weight is 354 g/mol. The molecule has 1 aliphatic rings. The van der Waals surface area contributed by atoms with Gasteiger partial charge >= 0.3 is 5.97 Å². The summed E-state index contributed by atoms with van der Waals surface area (Å²) in [6.45, 7) is 0.793. The molecule has 0 aromatic carbocycles. The molecule has 3 N–H and O–H groups in total. The van der Waals surface area contributed by atoms with Crippen molar-refractivity contribution in [1.29, 1.82) is 0 Å². The van der Waals surface area contributed by atoms with E-state index in [1.165, 1.54) is 12.2 Å². The molecule has 0 aliphatic carbocycles. The predicted octanol–water partition coefficient (Wildman–Crippen LogP) is 0.266. The highest BCUT2D eigenvalue weighted by Crippen LogP contribution is 2.17. The molecule has 0 aromatic rings. The Balaban J connectivity index is 2.54. The van der Waals surface area contributed by atoms with Crippen molar-refractivity contribution >= 4 is 34.7 Å². The van der Waals surface area contributed by atoms with Crippen molar-refractivity contribution in [3.63, 3.8) is 0 Å². The van der Waals surface area contributed by atoms with Crippen molar-refractivity contribution in [2.24, 2.45) is 0 Å². The minimum Gasteiger partial charge on any atom is -0.480 e. The van der Waals surface area contributed by atoms with E-state index in [1.54, 1.807) is 0 Å². The number of amides is 1. The van der Waals surface area contributed by atoms with Gasteiger partial charge in [0.2, 0.25) is 5.91 Å². The van der Waals surface area contributed by atoms with Gasteiger partial charge in [-0.15, -0.1) is 0 Å². The zero-order valence-electron chi connectivity index (χ0n) is 9.17. The highest BCUT2D eigenvalue weighted by atomic mass is 127. The number of rotatable bonds is 7. The zero-order valence-corrected chi connectivity index (χ0v) is 11.3. The first-order chi connectivity index (χ1) is 8.07. The van der Waals surface area contributed by atoms with E-state index in [0.29, 0.717) is 12.8 Å². The van der Waals surface area contributed by atoms with Gasteiger partial charge in [-0.25, -0.2) is 4.79 Å². The van der Waals surface area contributed by atoms with Gasteiger partial charge in [-0.1, -0.05) is 0 Å². The van der Waals surface area contributed by atoms with Crippen LogP contribution in [0.15, 0.2) is 12.2 Å². The lowest BCUT2D eigenvalue weighted by Crippen LogP contribution is -2.47. The number of hydrogen-bond acceptors (Lipinski definition) is 4. The lowest BCUT2D eigenvalue weighted by molar-refractivity contribution is -0.153. The summed E-state index contributed by atoms with van der Waals surface area (Å²) in [4.78, 5) is 23.5. The standard InChI is InChI=1S/C10H15IN2O4/c11-12-6-2-1-3-7(10(16)17)13-8(14)4-5-9(13)15/h4-5,7-8,12,14H,1-3,6H2,(H,16,17). The van der Waals surface area contributed by atoms with Crippen molar-refractivity contribution in [3.05, 3.63) is 12.2 Å². The van der Waals surface area contributed by atoms with Gasteiger partial charge in [0.1, 0.15) is 12.3 Å². The smallest absolute Gasteiger partial charge is 0.326 e. The molecule has 0 fully saturated rings. The second kappa shape index (κ2) is 6.92. The van der Waals surface area contributed by atoms with Crippen molar-refractivity contribution < 1.29 is 19.8 Å².